The zero-order valence-electron chi connectivity index (χ0n) is 13.0. The fourth-order valence-corrected chi connectivity index (χ4v) is 3.27. The molecule has 1 fully saturated rings. The summed E-state index contributed by atoms with van der Waals surface area (Å²) in [4.78, 5) is 4.88. The quantitative estimate of drug-likeness (QED) is 0.897. The number of benzene rings is 1. The van der Waals surface area contributed by atoms with Crippen molar-refractivity contribution in [1.82, 2.24) is 10.2 Å². The van der Waals surface area contributed by atoms with Crippen molar-refractivity contribution in [2.24, 2.45) is 0 Å². The largest absolute Gasteiger partial charge is 0.364 e. The molecule has 1 saturated heterocycles. The minimum absolute atomic E-state index is 0.559. The van der Waals surface area contributed by atoms with Crippen molar-refractivity contribution in [3.63, 3.8) is 0 Å². The van der Waals surface area contributed by atoms with Gasteiger partial charge in [0, 0.05) is 31.9 Å². The van der Waals surface area contributed by atoms with E-state index in [1.165, 1.54) is 22.4 Å². The summed E-state index contributed by atoms with van der Waals surface area (Å²) in [6, 6.07) is 5.16. The van der Waals surface area contributed by atoms with Gasteiger partial charge >= 0.3 is 0 Å². The monoisotopic (exact) mass is 261 g/mol. The Morgan fingerprint density at radius 1 is 1.21 bits per heavy atom. The van der Waals surface area contributed by atoms with Crippen molar-refractivity contribution < 1.29 is 0 Å². The summed E-state index contributed by atoms with van der Waals surface area (Å²) < 4.78 is 0. The second kappa shape index (κ2) is 5.93. The molecule has 0 amide bonds. The SMILES string of the molecule is Cc1cc(C)c(N2CCNCC2CN(C)C)c(C)c1. The molecule has 1 aromatic rings. The first-order valence-electron chi connectivity index (χ1n) is 7.19. The van der Waals surface area contributed by atoms with Gasteiger partial charge in [0.1, 0.15) is 0 Å². The van der Waals surface area contributed by atoms with Crippen molar-refractivity contribution in [3.8, 4) is 0 Å². The topological polar surface area (TPSA) is 18.5 Å². The summed E-state index contributed by atoms with van der Waals surface area (Å²) in [5, 5.41) is 3.52. The number of nitrogens with one attached hydrogen (secondary N) is 1. The molecule has 0 aliphatic carbocycles. The summed E-state index contributed by atoms with van der Waals surface area (Å²) in [5.41, 5.74) is 5.61. The molecule has 1 unspecified atom stereocenters. The normalized spacial score (nSPS) is 20.1. The molecule has 1 aliphatic rings. The molecule has 0 bridgehead atoms. The Kier molecular flexibility index (Phi) is 4.48. The van der Waals surface area contributed by atoms with Crippen LogP contribution >= 0.6 is 0 Å². The van der Waals surface area contributed by atoms with Gasteiger partial charge in [-0.2, -0.15) is 0 Å². The van der Waals surface area contributed by atoms with E-state index in [-0.39, 0.29) is 0 Å². The van der Waals surface area contributed by atoms with Crippen LogP contribution in [0.15, 0.2) is 12.1 Å². The lowest BCUT2D eigenvalue weighted by Gasteiger charge is -2.41. The highest BCUT2D eigenvalue weighted by Gasteiger charge is 2.25. The Balaban J connectivity index is 2.32. The third-order valence-electron chi connectivity index (χ3n) is 3.85. The summed E-state index contributed by atoms with van der Waals surface area (Å²) >= 11 is 0. The van der Waals surface area contributed by atoms with Crippen molar-refractivity contribution in [2.75, 3.05) is 45.2 Å². The average molecular weight is 261 g/mol. The zero-order chi connectivity index (χ0) is 14.0. The zero-order valence-corrected chi connectivity index (χ0v) is 13.0. The Morgan fingerprint density at radius 2 is 1.84 bits per heavy atom. The van der Waals surface area contributed by atoms with Gasteiger partial charge in [0.15, 0.2) is 0 Å². The van der Waals surface area contributed by atoms with Gasteiger partial charge in [-0.3, -0.25) is 0 Å². The van der Waals surface area contributed by atoms with Gasteiger partial charge in [-0.15, -0.1) is 0 Å². The fraction of sp³-hybridized carbons (Fsp3) is 0.625. The van der Waals surface area contributed by atoms with Crippen molar-refractivity contribution in [1.29, 1.82) is 0 Å². The van der Waals surface area contributed by atoms with Crippen LogP contribution in [0.2, 0.25) is 0 Å². The van der Waals surface area contributed by atoms with E-state index in [1.54, 1.807) is 0 Å². The van der Waals surface area contributed by atoms with Crippen LogP contribution in [0.3, 0.4) is 0 Å². The molecule has 0 radical (unpaired) electrons. The van der Waals surface area contributed by atoms with Gasteiger partial charge in [-0.1, -0.05) is 17.7 Å². The third-order valence-corrected chi connectivity index (χ3v) is 3.85. The highest BCUT2D eigenvalue weighted by Crippen LogP contribution is 2.28. The predicted molar refractivity (Wildman–Crippen MR) is 83.2 cm³/mol. The average Bonchev–Trinajstić information content (AvgIpc) is 2.29. The molecule has 1 N–H and O–H groups in total. The van der Waals surface area contributed by atoms with E-state index in [0.29, 0.717) is 6.04 Å². The molecule has 1 aromatic carbocycles. The van der Waals surface area contributed by atoms with Crippen LogP contribution < -0.4 is 10.2 Å². The Hall–Kier alpha value is -1.06. The van der Waals surface area contributed by atoms with Crippen LogP contribution in [-0.4, -0.2) is 51.2 Å². The number of hydrogen-bond donors (Lipinski definition) is 1. The van der Waals surface area contributed by atoms with Crippen LogP contribution in [0, 0.1) is 20.8 Å². The minimum Gasteiger partial charge on any atom is -0.364 e. The maximum absolute atomic E-state index is 3.52. The molecule has 3 heteroatoms. The fourth-order valence-electron chi connectivity index (χ4n) is 3.27. The van der Waals surface area contributed by atoms with Crippen LogP contribution in [0.25, 0.3) is 0 Å². The first kappa shape index (κ1) is 14.4. The highest BCUT2D eigenvalue weighted by atomic mass is 15.3. The molecule has 19 heavy (non-hydrogen) atoms. The van der Waals surface area contributed by atoms with E-state index in [4.69, 9.17) is 0 Å². The maximum atomic E-state index is 3.52. The summed E-state index contributed by atoms with van der Waals surface area (Å²) in [6.07, 6.45) is 0. The molecule has 3 nitrogen and oxygen atoms in total. The second-order valence-electron chi connectivity index (χ2n) is 6.06. The summed E-state index contributed by atoms with van der Waals surface area (Å²) in [6.45, 7) is 11.0. The lowest BCUT2D eigenvalue weighted by Crippen LogP contribution is -2.55. The summed E-state index contributed by atoms with van der Waals surface area (Å²) in [5.74, 6) is 0. The molecule has 0 saturated carbocycles. The molecule has 106 valence electrons. The predicted octanol–water partition coefficient (Wildman–Crippen LogP) is 1.95. The van der Waals surface area contributed by atoms with Crippen molar-refractivity contribution in [3.05, 3.63) is 28.8 Å². The van der Waals surface area contributed by atoms with Gasteiger partial charge in [-0.05, 0) is 46.0 Å². The molecular formula is C16H27N3. The third kappa shape index (κ3) is 3.28. The van der Waals surface area contributed by atoms with Gasteiger partial charge < -0.3 is 15.1 Å². The summed E-state index contributed by atoms with van der Waals surface area (Å²) in [7, 11) is 4.31. The molecular weight excluding hydrogens is 234 g/mol. The van der Waals surface area contributed by atoms with Gasteiger partial charge in [0.25, 0.3) is 0 Å². The van der Waals surface area contributed by atoms with Gasteiger partial charge in [0.05, 0.1) is 6.04 Å². The standard InChI is InChI=1S/C16H27N3/c1-12-8-13(2)16(14(3)9-12)19-7-6-17-10-15(19)11-18(4)5/h8-9,15,17H,6-7,10-11H2,1-5H3. The number of piperazine rings is 1. The molecule has 0 aromatic heterocycles. The minimum atomic E-state index is 0.559. The number of likely N-dealkylation sites (N-methyl/N-ethyl adjacent to an activating group) is 1. The Morgan fingerprint density at radius 3 is 2.42 bits per heavy atom. The Bertz CT molecular complexity index is 417. The van der Waals surface area contributed by atoms with E-state index in [9.17, 15) is 0 Å². The van der Waals surface area contributed by atoms with E-state index >= 15 is 0 Å². The van der Waals surface area contributed by atoms with Crippen LogP contribution in [0.1, 0.15) is 16.7 Å². The Labute approximate surface area is 117 Å². The highest BCUT2D eigenvalue weighted by molar-refractivity contribution is 5.61. The molecule has 2 rings (SSSR count). The lowest BCUT2D eigenvalue weighted by molar-refractivity contribution is 0.336. The van der Waals surface area contributed by atoms with Gasteiger partial charge in [-0.25, -0.2) is 0 Å². The van der Waals surface area contributed by atoms with Crippen LogP contribution in [-0.2, 0) is 0 Å². The van der Waals surface area contributed by atoms with Crippen LogP contribution in [0.4, 0.5) is 5.69 Å². The van der Waals surface area contributed by atoms with Crippen molar-refractivity contribution in [2.45, 2.75) is 26.8 Å². The number of aryl methyl sites for hydroxylation is 3. The second-order valence-corrected chi connectivity index (χ2v) is 6.06. The number of rotatable bonds is 3. The number of anilines is 1. The molecule has 1 atom stereocenters. The molecule has 0 spiro atoms. The van der Waals surface area contributed by atoms with Crippen molar-refractivity contribution >= 4 is 5.69 Å². The van der Waals surface area contributed by atoms with E-state index in [2.05, 4.69) is 62.1 Å². The smallest absolute Gasteiger partial charge is 0.0542 e. The van der Waals surface area contributed by atoms with Crippen LogP contribution in [0.5, 0.6) is 0 Å². The number of nitrogens with zero attached hydrogens (tertiary/aromatic N) is 2. The van der Waals surface area contributed by atoms with Gasteiger partial charge in [0.2, 0.25) is 0 Å². The number of hydrogen-bond acceptors (Lipinski definition) is 3. The molecule has 1 heterocycles. The van der Waals surface area contributed by atoms with E-state index in [1.807, 2.05) is 0 Å². The van der Waals surface area contributed by atoms with E-state index in [0.717, 1.165) is 26.2 Å². The first-order chi connectivity index (χ1) is 8.99. The first-order valence-corrected chi connectivity index (χ1v) is 7.19. The van der Waals surface area contributed by atoms with E-state index < -0.39 is 0 Å². The lowest BCUT2D eigenvalue weighted by atomic mass is 10.0. The maximum Gasteiger partial charge on any atom is 0.0542 e. The molecule has 1 aliphatic heterocycles.